The van der Waals surface area contributed by atoms with E-state index in [2.05, 4.69) is 10.5 Å². The summed E-state index contributed by atoms with van der Waals surface area (Å²) in [5.41, 5.74) is 6.02. The topological polar surface area (TPSA) is 53.9 Å². The maximum atomic E-state index is 12.1. The zero-order chi connectivity index (χ0) is 20.6. The van der Waals surface area contributed by atoms with E-state index < -0.39 is 0 Å². The Morgan fingerprint density at radius 2 is 1.66 bits per heavy atom. The minimum Gasteiger partial charge on any atom is -0.489 e. The highest BCUT2D eigenvalue weighted by molar-refractivity contribution is 6.30. The number of rotatable bonds is 7. The van der Waals surface area contributed by atoms with Crippen molar-refractivity contribution in [2.75, 3.05) is 19.0 Å². The van der Waals surface area contributed by atoms with Crippen molar-refractivity contribution in [3.8, 4) is 5.75 Å². The van der Waals surface area contributed by atoms with Crippen LogP contribution in [0.4, 0.5) is 5.69 Å². The molecule has 0 fully saturated rings. The lowest BCUT2D eigenvalue weighted by Gasteiger charge is -2.12. The summed E-state index contributed by atoms with van der Waals surface area (Å²) in [4.78, 5) is 14.1. The summed E-state index contributed by atoms with van der Waals surface area (Å²) in [6, 6.07) is 22.3. The second kappa shape index (κ2) is 9.75. The fourth-order valence-electron chi connectivity index (χ4n) is 2.54. The molecule has 0 aliphatic rings. The Kier molecular flexibility index (Phi) is 6.87. The fourth-order valence-corrected chi connectivity index (χ4v) is 2.66. The largest absolute Gasteiger partial charge is 0.489 e. The highest BCUT2D eigenvalue weighted by Gasteiger charge is 2.04. The molecular weight excluding hydrogens is 386 g/mol. The lowest BCUT2D eigenvalue weighted by molar-refractivity contribution is 0.0955. The van der Waals surface area contributed by atoms with Gasteiger partial charge in [-0.15, -0.1) is 0 Å². The molecule has 0 aromatic heterocycles. The molecule has 0 unspecified atom stereocenters. The second-order valence-corrected chi connectivity index (χ2v) is 7.06. The van der Waals surface area contributed by atoms with E-state index in [1.807, 2.05) is 79.7 Å². The van der Waals surface area contributed by atoms with Crippen LogP contribution in [-0.4, -0.2) is 26.2 Å². The summed E-state index contributed by atoms with van der Waals surface area (Å²) in [6.07, 6.45) is 1.59. The lowest BCUT2D eigenvalue weighted by Crippen LogP contribution is -2.17. The van der Waals surface area contributed by atoms with Gasteiger partial charge in [-0.3, -0.25) is 4.79 Å². The number of benzene rings is 3. The number of anilines is 1. The Hall–Kier alpha value is -3.31. The molecule has 0 heterocycles. The van der Waals surface area contributed by atoms with Crippen LogP contribution in [0, 0.1) is 0 Å². The SMILES string of the molecule is CN(C)c1ccc(C(=O)N/N=C\c2ccc(OCc3ccc(Cl)cc3)cc2)cc1. The number of carbonyl (C=O) groups excluding carboxylic acids is 1. The van der Waals surface area contributed by atoms with Gasteiger partial charge in [0, 0.05) is 30.4 Å². The first-order chi connectivity index (χ1) is 14.0. The Labute approximate surface area is 175 Å². The summed E-state index contributed by atoms with van der Waals surface area (Å²) < 4.78 is 5.75. The average Bonchev–Trinajstić information content (AvgIpc) is 2.74. The van der Waals surface area contributed by atoms with Crippen molar-refractivity contribution in [1.82, 2.24) is 5.43 Å². The molecule has 0 aliphatic heterocycles. The van der Waals surface area contributed by atoms with E-state index in [1.54, 1.807) is 18.3 Å². The number of halogens is 1. The van der Waals surface area contributed by atoms with Gasteiger partial charge < -0.3 is 9.64 Å². The molecule has 0 spiro atoms. The van der Waals surface area contributed by atoms with Gasteiger partial charge in [-0.25, -0.2) is 5.43 Å². The van der Waals surface area contributed by atoms with Crippen LogP contribution in [0.25, 0.3) is 0 Å². The first kappa shape index (κ1) is 20.4. The minimum atomic E-state index is -0.255. The van der Waals surface area contributed by atoms with Crippen LogP contribution < -0.4 is 15.1 Å². The van der Waals surface area contributed by atoms with Crippen molar-refractivity contribution in [3.05, 3.63) is 94.5 Å². The van der Waals surface area contributed by atoms with E-state index in [-0.39, 0.29) is 5.91 Å². The molecule has 3 rings (SSSR count). The Morgan fingerprint density at radius 3 is 2.28 bits per heavy atom. The second-order valence-electron chi connectivity index (χ2n) is 6.62. The number of hydrazone groups is 1. The van der Waals surface area contributed by atoms with Crippen LogP contribution in [0.15, 0.2) is 77.9 Å². The molecule has 0 radical (unpaired) electrons. The zero-order valence-electron chi connectivity index (χ0n) is 16.3. The van der Waals surface area contributed by atoms with E-state index >= 15 is 0 Å². The normalized spacial score (nSPS) is 10.7. The molecule has 0 saturated heterocycles. The van der Waals surface area contributed by atoms with Gasteiger partial charge in [0.15, 0.2) is 0 Å². The molecular formula is C23H22ClN3O2. The highest BCUT2D eigenvalue weighted by atomic mass is 35.5. The predicted molar refractivity (Wildman–Crippen MR) is 118 cm³/mol. The highest BCUT2D eigenvalue weighted by Crippen LogP contribution is 2.15. The molecule has 3 aromatic carbocycles. The van der Waals surface area contributed by atoms with Crippen molar-refractivity contribution in [2.45, 2.75) is 6.61 Å². The standard InChI is InChI=1S/C23H22ClN3O2/c1-27(2)21-11-7-19(8-12-21)23(28)26-25-15-17-5-13-22(14-6-17)29-16-18-3-9-20(24)10-4-18/h3-15H,16H2,1-2H3,(H,26,28)/b25-15-. The molecule has 29 heavy (non-hydrogen) atoms. The van der Waals surface area contributed by atoms with Crippen LogP contribution >= 0.6 is 11.6 Å². The number of hydrogen-bond donors (Lipinski definition) is 1. The van der Waals surface area contributed by atoms with Crippen molar-refractivity contribution < 1.29 is 9.53 Å². The molecule has 5 nitrogen and oxygen atoms in total. The van der Waals surface area contributed by atoms with Crippen molar-refractivity contribution in [1.29, 1.82) is 0 Å². The number of carbonyl (C=O) groups is 1. The molecule has 0 aliphatic carbocycles. The van der Waals surface area contributed by atoms with Gasteiger partial charge in [-0.1, -0.05) is 23.7 Å². The van der Waals surface area contributed by atoms with E-state index in [1.165, 1.54) is 0 Å². The monoisotopic (exact) mass is 407 g/mol. The number of nitrogens with zero attached hydrogens (tertiary/aromatic N) is 2. The van der Waals surface area contributed by atoms with E-state index in [0.29, 0.717) is 17.2 Å². The predicted octanol–water partition coefficient (Wildman–Crippen LogP) is 4.75. The quantitative estimate of drug-likeness (QED) is 0.454. The van der Waals surface area contributed by atoms with Crippen LogP contribution in [0.3, 0.4) is 0 Å². The van der Waals surface area contributed by atoms with Crippen LogP contribution in [0.5, 0.6) is 5.75 Å². The molecule has 0 atom stereocenters. The molecule has 1 N–H and O–H groups in total. The summed E-state index contributed by atoms with van der Waals surface area (Å²) in [6.45, 7) is 0.466. The molecule has 6 heteroatoms. The fraction of sp³-hybridized carbons (Fsp3) is 0.130. The van der Waals surface area contributed by atoms with Gasteiger partial charge >= 0.3 is 0 Å². The third-order valence-corrected chi connectivity index (χ3v) is 4.48. The summed E-state index contributed by atoms with van der Waals surface area (Å²) in [5.74, 6) is 0.497. The maximum Gasteiger partial charge on any atom is 0.271 e. The van der Waals surface area contributed by atoms with Gasteiger partial charge in [-0.2, -0.15) is 5.10 Å². The van der Waals surface area contributed by atoms with E-state index in [4.69, 9.17) is 16.3 Å². The zero-order valence-corrected chi connectivity index (χ0v) is 17.1. The minimum absolute atomic E-state index is 0.255. The number of amides is 1. The first-order valence-corrected chi connectivity index (χ1v) is 9.47. The summed E-state index contributed by atoms with van der Waals surface area (Å²) in [5, 5.41) is 4.72. The van der Waals surface area contributed by atoms with Gasteiger partial charge in [0.1, 0.15) is 12.4 Å². The number of ether oxygens (including phenoxy) is 1. The maximum absolute atomic E-state index is 12.1. The Balaban J connectivity index is 1.50. The summed E-state index contributed by atoms with van der Waals surface area (Å²) >= 11 is 5.88. The van der Waals surface area contributed by atoms with E-state index in [0.717, 1.165) is 22.6 Å². The lowest BCUT2D eigenvalue weighted by atomic mass is 10.2. The van der Waals surface area contributed by atoms with Crippen LogP contribution in [0.2, 0.25) is 5.02 Å². The molecule has 0 bridgehead atoms. The molecule has 148 valence electrons. The molecule has 3 aromatic rings. The third-order valence-electron chi connectivity index (χ3n) is 4.22. The Bertz CT molecular complexity index is 967. The van der Waals surface area contributed by atoms with Gasteiger partial charge in [0.25, 0.3) is 5.91 Å². The van der Waals surface area contributed by atoms with E-state index in [9.17, 15) is 4.79 Å². The van der Waals surface area contributed by atoms with Crippen LogP contribution in [-0.2, 0) is 6.61 Å². The van der Waals surface area contributed by atoms with Crippen molar-refractivity contribution in [3.63, 3.8) is 0 Å². The smallest absolute Gasteiger partial charge is 0.271 e. The van der Waals surface area contributed by atoms with Crippen molar-refractivity contribution in [2.24, 2.45) is 5.10 Å². The molecule has 1 amide bonds. The van der Waals surface area contributed by atoms with Crippen molar-refractivity contribution >= 4 is 29.4 Å². The number of hydrogen-bond acceptors (Lipinski definition) is 4. The van der Waals surface area contributed by atoms with Gasteiger partial charge in [-0.05, 0) is 71.8 Å². The number of nitrogens with one attached hydrogen (secondary N) is 1. The Morgan fingerprint density at radius 1 is 1.00 bits per heavy atom. The summed E-state index contributed by atoms with van der Waals surface area (Å²) in [7, 11) is 3.90. The molecule has 0 saturated carbocycles. The van der Waals surface area contributed by atoms with Crippen LogP contribution in [0.1, 0.15) is 21.5 Å². The van der Waals surface area contributed by atoms with Gasteiger partial charge in [0.2, 0.25) is 0 Å². The first-order valence-electron chi connectivity index (χ1n) is 9.09. The average molecular weight is 408 g/mol. The van der Waals surface area contributed by atoms with Gasteiger partial charge in [0.05, 0.1) is 6.21 Å². The third kappa shape index (κ3) is 6.09.